The van der Waals surface area contributed by atoms with Crippen LogP contribution in [0.5, 0.6) is 0 Å². The highest BCUT2D eigenvalue weighted by atomic mass is 15.4. The summed E-state index contributed by atoms with van der Waals surface area (Å²) in [4.78, 5) is 0. The summed E-state index contributed by atoms with van der Waals surface area (Å²) >= 11 is 0. The monoisotopic (exact) mass is 233 g/mol. The van der Waals surface area contributed by atoms with Crippen molar-refractivity contribution in [1.29, 1.82) is 0 Å². The molecule has 0 radical (unpaired) electrons. The molecule has 94 valence electrons. The number of nitrogens with zero attached hydrogens (tertiary/aromatic N) is 3. The van der Waals surface area contributed by atoms with Crippen molar-refractivity contribution in [2.24, 2.45) is 11.8 Å². The molecular weight excluding hydrogens is 210 g/mol. The molecule has 1 heterocycles. The van der Waals surface area contributed by atoms with E-state index in [4.69, 9.17) is 0 Å². The normalized spacial score (nSPS) is 37.1. The molecule has 0 N–H and O–H groups in total. The van der Waals surface area contributed by atoms with Crippen LogP contribution in [-0.4, -0.2) is 15.0 Å². The third-order valence-corrected chi connectivity index (χ3v) is 4.78. The number of aromatic nitrogens is 3. The summed E-state index contributed by atoms with van der Waals surface area (Å²) in [5, 5.41) is 8.71. The Hall–Kier alpha value is -0.860. The van der Waals surface area contributed by atoms with Gasteiger partial charge in [0.25, 0.3) is 0 Å². The zero-order valence-corrected chi connectivity index (χ0v) is 11.0. The van der Waals surface area contributed by atoms with E-state index in [9.17, 15) is 0 Å². The highest BCUT2D eigenvalue weighted by Crippen LogP contribution is 2.49. The average molecular weight is 233 g/mol. The van der Waals surface area contributed by atoms with Gasteiger partial charge in [-0.05, 0) is 43.9 Å². The maximum Gasteiger partial charge on any atom is 0.0824 e. The number of rotatable bonds is 2. The minimum atomic E-state index is 0.307. The van der Waals surface area contributed by atoms with Crippen LogP contribution in [-0.2, 0) is 12.0 Å². The first-order chi connectivity index (χ1) is 8.22. The van der Waals surface area contributed by atoms with Gasteiger partial charge < -0.3 is 0 Å². The van der Waals surface area contributed by atoms with Gasteiger partial charge >= 0.3 is 0 Å². The van der Waals surface area contributed by atoms with Gasteiger partial charge in [-0.3, -0.25) is 0 Å². The van der Waals surface area contributed by atoms with E-state index in [-0.39, 0.29) is 0 Å². The van der Waals surface area contributed by atoms with Gasteiger partial charge in [0, 0.05) is 6.20 Å². The van der Waals surface area contributed by atoms with Crippen LogP contribution in [0.15, 0.2) is 6.20 Å². The second-order valence-corrected chi connectivity index (χ2v) is 6.24. The van der Waals surface area contributed by atoms with E-state index >= 15 is 0 Å². The quantitative estimate of drug-likeness (QED) is 0.785. The summed E-state index contributed by atoms with van der Waals surface area (Å²) in [6.45, 7) is 4.56. The lowest BCUT2D eigenvalue weighted by Crippen LogP contribution is -2.44. The maximum atomic E-state index is 4.42. The molecule has 3 heteroatoms. The largest absolute Gasteiger partial charge is 0.246 e. The van der Waals surface area contributed by atoms with Crippen LogP contribution < -0.4 is 0 Å². The van der Waals surface area contributed by atoms with Crippen molar-refractivity contribution in [2.45, 2.75) is 64.3 Å². The summed E-state index contributed by atoms with van der Waals surface area (Å²) in [6.07, 6.45) is 11.4. The molecule has 3 rings (SSSR count). The molecule has 2 aliphatic carbocycles. The van der Waals surface area contributed by atoms with Gasteiger partial charge in [0.05, 0.1) is 11.2 Å². The molecular formula is C14H23N3. The lowest BCUT2D eigenvalue weighted by molar-refractivity contribution is 0.0430. The fraction of sp³-hybridized carbons (Fsp3) is 0.857. The number of hydrogen-bond acceptors (Lipinski definition) is 2. The Morgan fingerprint density at radius 3 is 3.12 bits per heavy atom. The van der Waals surface area contributed by atoms with Gasteiger partial charge in [0.1, 0.15) is 0 Å². The first kappa shape index (κ1) is 11.2. The highest BCUT2D eigenvalue weighted by Gasteiger charge is 2.43. The van der Waals surface area contributed by atoms with Crippen LogP contribution in [0, 0.1) is 11.8 Å². The third kappa shape index (κ3) is 1.90. The maximum absolute atomic E-state index is 4.42. The molecule has 3 atom stereocenters. The molecule has 2 saturated carbocycles. The molecule has 2 fully saturated rings. The highest BCUT2D eigenvalue weighted by molar-refractivity contribution is 5.01. The lowest BCUT2D eigenvalue weighted by Gasteiger charge is -2.47. The van der Waals surface area contributed by atoms with E-state index in [2.05, 4.69) is 35.0 Å². The molecule has 3 nitrogen and oxygen atoms in total. The molecule has 2 bridgehead atoms. The van der Waals surface area contributed by atoms with Crippen molar-refractivity contribution in [3.8, 4) is 0 Å². The predicted molar refractivity (Wildman–Crippen MR) is 67.7 cm³/mol. The summed E-state index contributed by atoms with van der Waals surface area (Å²) in [6, 6.07) is 0. The first-order valence-electron chi connectivity index (χ1n) is 7.13. The minimum absolute atomic E-state index is 0.307. The molecule has 2 aliphatic rings. The molecule has 1 aromatic rings. The number of fused-ring (bicyclic) bond motifs is 2. The Bertz CT molecular complexity index is 394. The van der Waals surface area contributed by atoms with Crippen LogP contribution >= 0.6 is 0 Å². The zero-order chi connectivity index (χ0) is 11.9. The van der Waals surface area contributed by atoms with Gasteiger partial charge in [-0.25, -0.2) is 4.68 Å². The molecule has 0 spiro atoms. The SMILES string of the molecule is CCc1cn(C23CCCC(CC(C)C2)C3)nn1. The van der Waals surface area contributed by atoms with Crippen molar-refractivity contribution >= 4 is 0 Å². The van der Waals surface area contributed by atoms with Crippen molar-refractivity contribution < 1.29 is 0 Å². The second kappa shape index (κ2) is 4.11. The van der Waals surface area contributed by atoms with Gasteiger partial charge in [-0.2, -0.15) is 0 Å². The first-order valence-corrected chi connectivity index (χ1v) is 7.13. The summed E-state index contributed by atoms with van der Waals surface area (Å²) in [5.74, 6) is 1.78. The van der Waals surface area contributed by atoms with E-state index < -0.39 is 0 Å². The molecule has 0 saturated heterocycles. The zero-order valence-electron chi connectivity index (χ0n) is 11.0. The second-order valence-electron chi connectivity index (χ2n) is 6.24. The molecule has 3 unspecified atom stereocenters. The minimum Gasteiger partial charge on any atom is -0.246 e. The van der Waals surface area contributed by atoms with E-state index in [1.807, 2.05) is 0 Å². The van der Waals surface area contributed by atoms with E-state index in [1.54, 1.807) is 0 Å². The van der Waals surface area contributed by atoms with Gasteiger partial charge in [0.15, 0.2) is 0 Å². The van der Waals surface area contributed by atoms with Gasteiger partial charge in [-0.15, -0.1) is 5.10 Å². The van der Waals surface area contributed by atoms with E-state index in [0.29, 0.717) is 5.54 Å². The van der Waals surface area contributed by atoms with Crippen LogP contribution in [0.4, 0.5) is 0 Å². The summed E-state index contributed by atoms with van der Waals surface area (Å²) in [5.41, 5.74) is 1.45. The topological polar surface area (TPSA) is 30.7 Å². The molecule has 0 amide bonds. The van der Waals surface area contributed by atoms with Crippen LogP contribution in [0.1, 0.15) is 58.1 Å². The van der Waals surface area contributed by atoms with Crippen LogP contribution in [0.3, 0.4) is 0 Å². The number of aryl methyl sites for hydroxylation is 1. The lowest BCUT2D eigenvalue weighted by atomic mass is 9.64. The predicted octanol–water partition coefficient (Wildman–Crippen LogP) is 3.16. The van der Waals surface area contributed by atoms with E-state index in [0.717, 1.165) is 24.0 Å². The van der Waals surface area contributed by atoms with Gasteiger partial charge in [-0.1, -0.05) is 31.9 Å². The molecule has 0 aliphatic heterocycles. The van der Waals surface area contributed by atoms with Crippen LogP contribution in [0.25, 0.3) is 0 Å². The van der Waals surface area contributed by atoms with Crippen molar-refractivity contribution in [2.75, 3.05) is 0 Å². The fourth-order valence-electron chi connectivity index (χ4n) is 4.14. The smallest absolute Gasteiger partial charge is 0.0824 e. The Labute approximate surface area is 104 Å². The summed E-state index contributed by atoms with van der Waals surface area (Å²) in [7, 11) is 0. The molecule has 0 aromatic carbocycles. The Morgan fingerprint density at radius 2 is 2.35 bits per heavy atom. The Morgan fingerprint density at radius 1 is 1.47 bits per heavy atom. The van der Waals surface area contributed by atoms with Crippen LogP contribution in [0.2, 0.25) is 0 Å². The Kier molecular flexibility index (Phi) is 2.72. The van der Waals surface area contributed by atoms with Gasteiger partial charge in [0.2, 0.25) is 0 Å². The summed E-state index contributed by atoms with van der Waals surface area (Å²) < 4.78 is 2.22. The fourth-order valence-corrected chi connectivity index (χ4v) is 4.14. The molecule has 17 heavy (non-hydrogen) atoms. The Balaban J connectivity index is 1.92. The number of hydrogen-bond donors (Lipinski definition) is 0. The third-order valence-electron chi connectivity index (χ3n) is 4.78. The standard InChI is InChI=1S/C14H23N3/c1-3-13-10-17(16-15-13)14-6-4-5-12(9-14)7-11(2)8-14/h10-12H,3-9H2,1-2H3. The van der Waals surface area contributed by atoms with Crippen molar-refractivity contribution in [3.05, 3.63) is 11.9 Å². The van der Waals surface area contributed by atoms with Crippen molar-refractivity contribution in [1.82, 2.24) is 15.0 Å². The van der Waals surface area contributed by atoms with E-state index in [1.165, 1.54) is 38.5 Å². The molecule has 1 aromatic heterocycles. The van der Waals surface area contributed by atoms with Crippen molar-refractivity contribution in [3.63, 3.8) is 0 Å². The average Bonchev–Trinajstić information content (AvgIpc) is 2.77.